The van der Waals surface area contributed by atoms with Crippen molar-refractivity contribution in [3.63, 3.8) is 0 Å². The van der Waals surface area contributed by atoms with Gasteiger partial charge in [0.25, 0.3) is 0 Å². The molecule has 0 unspecified atom stereocenters. The van der Waals surface area contributed by atoms with Gasteiger partial charge in [-0.2, -0.15) is 5.10 Å². The van der Waals surface area contributed by atoms with Gasteiger partial charge in [-0.1, -0.05) is 0 Å². The minimum absolute atomic E-state index is 0.177. The molecule has 0 saturated heterocycles. The topological polar surface area (TPSA) is 77.4 Å². The Morgan fingerprint density at radius 1 is 1.41 bits per heavy atom. The molecule has 1 aromatic rings. The van der Waals surface area contributed by atoms with Crippen molar-refractivity contribution in [3.8, 4) is 0 Å². The van der Waals surface area contributed by atoms with Crippen molar-refractivity contribution in [2.45, 2.75) is 57.8 Å². The van der Waals surface area contributed by atoms with Gasteiger partial charge < -0.3 is 20.1 Å². The third-order valence-electron chi connectivity index (χ3n) is 3.39. The van der Waals surface area contributed by atoms with E-state index >= 15 is 0 Å². The summed E-state index contributed by atoms with van der Waals surface area (Å²) in [5, 5.41) is 10.6. The first-order chi connectivity index (χ1) is 10.4. The highest BCUT2D eigenvalue weighted by molar-refractivity contribution is 5.68. The largest absolute Gasteiger partial charge is 0.444 e. The summed E-state index contributed by atoms with van der Waals surface area (Å²) in [6, 6.07) is 0.538. The predicted molar refractivity (Wildman–Crippen MR) is 83.9 cm³/mol. The molecule has 1 fully saturated rings. The van der Waals surface area contributed by atoms with Crippen LogP contribution in [0.25, 0.3) is 0 Å². The summed E-state index contributed by atoms with van der Waals surface area (Å²) in [5.41, 5.74) is 0.541. The van der Waals surface area contributed by atoms with Gasteiger partial charge in [0.2, 0.25) is 0 Å². The molecule has 7 heteroatoms. The van der Waals surface area contributed by atoms with Crippen LogP contribution in [0.5, 0.6) is 0 Å². The van der Waals surface area contributed by atoms with Crippen LogP contribution in [0, 0.1) is 0 Å². The first-order valence-electron chi connectivity index (χ1n) is 7.63. The molecule has 1 aromatic heterocycles. The van der Waals surface area contributed by atoms with Crippen LogP contribution in [0.3, 0.4) is 0 Å². The number of carbonyl (C=O) groups is 1. The standard InChI is InChI=1S/C15H26N4O3/c1-15(2,3)22-14(20)18-12-7-11(8-12)17-13-9-16-19(10-13)5-6-21-4/h9-12,17H,5-8H2,1-4H3,(H,18,20). The normalized spacial score (nSPS) is 21.1. The van der Waals surface area contributed by atoms with Crippen LogP contribution < -0.4 is 10.6 Å². The number of hydrogen-bond acceptors (Lipinski definition) is 5. The van der Waals surface area contributed by atoms with Crippen molar-refractivity contribution >= 4 is 11.8 Å². The quantitative estimate of drug-likeness (QED) is 0.840. The van der Waals surface area contributed by atoms with Crippen molar-refractivity contribution in [1.82, 2.24) is 15.1 Å². The first kappa shape index (κ1) is 16.6. The number of alkyl carbamates (subject to hydrolysis) is 1. The van der Waals surface area contributed by atoms with Crippen molar-refractivity contribution in [2.24, 2.45) is 0 Å². The lowest BCUT2D eigenvalue weighted by Crippen LogP contribution is -2.50. The molecular formula is C15H26N4O3. The molecule has 0 spiro atoms. The van der Waals surface area contributed by atoms with E-state index in [0.717, 1.165) is 25.1 Å². The molecule has 1 aliphatic rings. The van der Waals surface area contributed by atoms with Crippen molar-refractivity contribution < 1.29 is 14.3 Å². The molecule has 0 atom stereocenters. The van der Waals surface area contributed by atoms with E-state index in [0.29, 0.717) is 12.6 Å². The van der Waals surface area contributed by atoms with Gasteiger partial charge in [-0.05, 0) is 33.6 Å². The second-order valence-electron chi connectivity index (χ2n) is 6.64. The van der Waals surface area contributed by atoms with Gasteiger partial charge >= 0.3 is 6.09 Å². The second kappa shape index (κ2) is 7.00. The maximum absolute atomic E-state index is 11.7. The number of hydrogen-bond donors (Lipinski definition) is 2. The maximum atomic E-state index is 11.7. The van der Waals surface area contributed by atoms with Crippen LogP contribution in [0.2, 0.25) is 0 Å². The minimum Gasteiger partial charge on any atom is -0.444 e. The van der Waals surface area contributed by atoms with Gasteiger partial charge in [-0.25, -0.2) is 4.79 Å². The van der Waals surface area contributed by atoms with Gasteiger partial charge in [0.1, 0.15) is 5.60 Å². The Kier molecular flexibility index (Phi) is 5.28. The van der Waals surface area contributed by atoms with Crippen molar-refractivity contribution in [3.05, 3.63) is 12.4 Å². The lowest BCUT2D eigenvalue weighted by atomic mass is 9.87. The number of methoxy groups -OCH3 is 1. The van der Waals surface area contributed by atoms with Crippen LogP contribution in [-0.2, 0) is 16.0 Å². The summed E-state index contributed by atoms with van der Waals surface area (Å²) in [7, 11) is 1.68. The molecule has 7 nitrogen and oxygen atoms in total. The summed E-state index contributed by atoms with van der Waals surface area (Å²) < 4.78 is 12.1. The molecule has 0 radical (unpaired) electrons. The fraction of sp³-hybridized carbons (Fsp3) is 0.733. The molecule has 22 heavy (non-hydrogen) atoms. The third-order valence-corrected chi connectivity index (χ3v) is 3.39. The van der Waals surface area contributed by atoms with E-state index < -0.39 is 5.60 Å². The highest BCUT2D eigenvalue weighted by Gasteiger charge is 2.31. The average molecular weight is 310 g/mol. The Bertz CT molecular complexity index is 489. The van der Waals surface area contributed by atoms with E-state index in [9.17, 15) is 4.79 Å². The van der Waals surface area contributed by atoms with Crippen LogP contribution in [0.1, 0.15) is 33.6 Å². The van der Waals surface area contributed by atoms with Gasteiger partial charge in [-0.15, -0.1) is 0 Å². The number of aromatic nitrogens is 2. The Morgan fingerprint density at radius 3 is 2.77 bits per heavy atom. The number of ether oxygens (including phenoxy) is 2. The summed E-state index contributed by atoms with van der Waals surface area (Å²) in [6.45, 7) is 6.97. The second-order valence-corrected chi connectivity index (χ2v) is 6.64. The number of carbonyl (C=O) groups excluding carboxylic acids is 1. The molecule has 1 aliphatic carbocycles. The molecule has 2 rings (SSSR count). The maximum Gasteiger partial charge on any atom is 0.407 e. The number of nitrogens with one attached hydrogen (secondary N) is 2. The van der Waals surface area contributed by atoms with E-state index in [1.54, 1.807) is 7.11 Å². The van der Waals surface area contributed by atoms with Crippen LogP contribution in [0.4, 0.5) is 10.5 Å². The molecule has 1 heterocycles. The fourth-order valence-electron chi connectivity index (χ4n) is 2.31. The van der Waals surface area contributed by atoms with E-state index in [2.05, 4.69) is 15.7 Å². The monoisotopic (exact) mass is 310 g/mol. The Morgan fingerprint density at radius 2 is 2.14 bits per heavy atom. The lowest BCUT2D eigenvalue weighted by molar-refractivity contribution is 0.0475. The van der Waals surface area contributed by atoms with Gasteiger partial charge in [-0.3, -0.25) is 4.68 Å². The number of amides is 1. The summed E-state index contributed by atoms with van der Waals surface area (Å²) >= 11 is 0. The molecule has 1 amide bonds. The Hall–Kier alpha value is -1.76. The lowest BCUT2D eigenvalue weighted by Gasteiger charge is -2.36. The fourth-order valence-corrected chi connectivity index (χ4v) is 2.31. The SMILES string of the molecule is COCCn1cc(NC2CC(NC(=O)OC(C)(C)C)C2)cn1. The van der Waals surface area contributed by atoms with E-state index in [1.165, 1.54) is 0 Å². The Labute approximate surface area is 131 Å². The van der Waals surface area contributed by atoms with Gasteiger partial charge in [0.15, 0.2) is 0 Å². The number of rotatable bonds is 6. The summed E-state index contributed by atoms with van der Waals surface area (Å²) in [5.74, 6) is 0. The predicted octanol–water partition coefficient (Wildman–Crippen LogP) is 2.00. The van der Waals surface area contributed by atoms with E-state index in [4.69, 9.17) is 9.47 Å². The van der Waals surface area contributed by atoms with Crippen molar-refractivity contribution in [2.75, 3.05) is 19.0 Å². The zero-order valence-electron chi connectivity index (χ0n) is 13.8. The highest BCUT2D eigenvalue weighted by Crippen LogP contribution is 2.24. The molecule has 0 aliphatic heterocycles. The minimum atomic E-state index is -0.456. The average Bonchev–Trinajstić information content (AvgIpc) is 2.79. The summed E-state index contributed by atoms with van der Waals surface area (Å²) in [4.78, 5) is 11.7. The molecule has 0 bridgehead atoms. The van der Waals surface area contributed by atoms with Crippen LogP contribution >= 0.6 is 0 Å². The van der Waals surface area contributed by atoms with Crippen molar-refractivity contribution in [1.29, 1.82) is 0 Å². The molecule has 2 N–H and O–H groups in total. The van der Waals surface area contributed by atoms with Gasteiger partial charge in [0.05, 0.1) is 25.0 Å². The van der Waals surface area contributed by atoms with Crippen LogP contribution in [0.15, 0.2) is 12.4 Å². The van der Waals surface area contributed by atoms with E-state index in [1.807, 2.05) is 37.8 Å². The first-order valence-corrected chi connectivity index (χ1v) is 7.63. The van der Waals surface area contributed by atoms with Crippen LogP contribution in [-0.4, -0.2) is 47.3 Å². The zero-order valence-corrected chi connectivity index (χ0v) is 13.8. The molecule has 0 aromatic carbocycles. The molecule has 1 saturated carbocycles. The molecule has 124 valence electrons. The Balaban J connectivity index is 1.67. The number of nitrogens with zero attached hydrogens (tertiary/aromatic N) is 2. The zero-order chi connectivity index (χ0) is 16.2. The smallest absolute Gasteiger partial charge is 0.407 e. The summed E-state index contributed by atoms with van der Waals surface area (Å²) in [6.07, 6.45) is 5.21. The van der Waals surface area contributed by atoms with Gasteiger partial charge in [0, 0.05) is 25.4 Å². The highest BCUT2D eigenvalue weighted by atomic mass is 16.6. The molecular weight excluding hydrogens is 284 g/mol. The van der Waals surface area contributed by atoms with E-state index in [-0.39, 0.29) is 12.1 Å². The third kappa shape index (κ3) is 5.22. The number of anilines is 1.